The fourth-order valence-electron chi connectivity index (χ4n) is 1.94. The van der Waals surface area contributed by atoms with Gasteiger partial charge in [0, 0.05) is 23.1 Å². The molecule has 18 heavy (non-hydrogen) atoms. The van der Waals surface area contributed by atoms with Gasteiger partial charge in [-0.25, -0.2) is 0 Å². The number of hydrogen-bond acceptors (Lipinski definition) is 3. The Labute approximate surface area is 118 Å². The van der Waals surface area contributed by atoms with Gasteiger partial charge in [0.25, 0.3) is 0 Å². The number of rotatable bonds is 6. The van der Waals surface area contributed by atoms with Crippen LogP contribution in [0, 0.1) is 0 Å². The average Bonchev–Trinajstić information content (AvgIpc) is 2.26. The smallest absolute Gasteiger partial charge is 0.123 e. The molecule has 0 aliphatic rings. The van der Waals surface area contributed by atoms with Crippen molar-refractivity contribution in [1.82, 2.24) is 4.90 Å². The predicted octanol–water partition coefficient (Wildman–Crippen LogP) is 3.05. The van der Waals surface area contributed by atoms with E-state index in [1.807, 2.05) is 26.0 Å². The van der Waals surface area contributed by atoms with Gasteiger partial charge >= 0.3 is 0 Å². The van der Waals surface area contributed by atoms with Crippen LogP contribution in [-0.4, -0.2) is 35.8 Å². The normalized spacial score (nSPS) is 11.9. The molecule has 1 aromatic carbocycles. The van der Waals surface area contributed by atoms with E-state index in [0.29, 0.717) is 6.54 Å². The maximum atomic E-state index is 9.90. The van der Waals surface area contributed by atoms with Crippen molar-refractivity contribution in [2.75, 3.05) is 20.2 Å². The van der Waals surface area contributed by atoms with E-state index in [1.54, 1.807) is 7.11 Å². The summed E-state index contributed by atoms with van der Waals surface area (Å²) in [6, 6.07) is 5.98. The number of methoxy groups -OCH3 is 1. The van der Waals surface area contributed by atoms with Gasteiger partial charge in [-0.1, -0.05) is 22.9 Å². The van der Waals surface area contributed by atoms with Gasteiger partial charge in [-0.3, -0.25) is 4.90 Å². The number of nitrogens with zero attached hydrogens (tertiary/aromatic N) is 1. The molecule has 0 amide bonds. The standard InChI is InChI=1S/C14H22BrNO2/c1-5-16(10-14(2,3)17)9-11-8-12(15)6-7-13(11)18-4/h6-8,17H,5,9-10H2,1-4H3. The summed E-state index contributed by atoms with van der Waals surface area (Å²) in [6.45, 7) is 8.04. The minimum absolute atomic E-state index is 0.638. The van der Waals surface area contributed by atoms with Crippen LogP contribution in [-0.2, 0) is 6.54 Å². The first-order valence-electron chi connectivity index (χ1n) is 6.13. The molecule has 0 bridgehead atoms. The zero-order chi connectivity index (χ0) is 13.8. The van der Waals surface area contributed by atoms with Crippen molar-refractivity contribution in [3.63, 3.8) is 0 Å². The van der Waals surface area contributed by atoms with E-state index in [4.69, 9.17) is 4.74 Å². The van der Waals surface area contributed by atoms with Gasteiger partial charge in [0.05, 0.1) is 12.7 Å². The predicted molar refractivity (Wildman–Crippen MR) is 77.9 cm³/mol. The van der Waals surface area contributed by atoms with Crippen molar-refractivity contribution in [1.29, 1.82) is 0 Å². The molecule has 1 N–H and O–H groups in total. The molecule has 1 aromatic rings. The molecule has 4 heteroatoms. The molecule has 0 fully saturated rings. The van der Waals surface area contributed by atoms with Gasteiger partial charge in [0.1, 0.15) is 5.75 Å². The zero-order valence-corrected chi connectivity index (χ0v) is 13.1. The fourth-order valence-corrected chi connectivity index (χ4v) is 2.35. The highest BCUT2D eigenvalue weighted by Crippen LogP contribution is 2.24. The summed E-state index contributed by atoms with van der Waals surface area (Å²) in [5.74, 6) is 0.882. The minimum Gasteiger partial charge on any atom is -0.496 e. The zero-order valence-electron chi connectivity index (χ0n) is 11.5. The lowest BCUT2D eigenvalue weighted by atomic mass is 10.1. The van der Waals surface area contributed by atoms with Crippen LogP contribution in [0.1, 0.15) is 26.3 Å². The molecule has 0 aromatic heterocycles. The van der Waals surface area contributed by atoms with E-state index >= 15 is 0 Å². The van der Waals surface area contributed by atoms with Crippen molar-refractivity contribution >= 4 is 15.9 Å². The van der Waals surface area contributed by atoms with Crippen LogP contribution in [0.4, 0.5) is 0 Å². The summed E-state index contributed by atoms with van der Waals surface area (Å²) in [4.78, 5) is 2.20. The van der Waals surface area contributed by atoms with Crippen LogP contribution in [0.5, 0.6) is 5.75 Å². The van der Waals surface area contributed by atoms with Crippen LogP contribution in [0.3, 0.4) is 0 Å². The van der Waals surface area contributed by atoms with Gasteiger partial charge in [-0.15, -0.1) is 0 Å². The number of aliphatic hydroxyl groups is 1. The first kappa shape index (κ1) is 15.5. The first-order valence-corrected chi connectivity index (χ1v) is 6.92. The summed E-state index contributed by atoms with van der Waals surface area (Å²) in [7, 11) is 1.68. The Morgan fingerprint density at radius 3 is 2.56 bits per heavy atom. The maximum absolute atomic E-state index is 9.90. The quantitative estimate of drug-likeness (QED) is 0.875. The van der Waals surface area contributed by atoms with Crippen LogP contribution in [0.15, 0.2) is 22.7 Å². The highest BCUT2D eigenvalue weighted by molar-refractivity contribution is 9.10. The Balaban J connectivity index is 2.84. The molecule has 0 aliphatic heterocycles. The van der Waals surface area contributed by atoms with Gasteiger partial charge in [0.2, 0.25) is 0 Å². The van der Waals surface area contributed by atoms with E-state index in [1.165, 1.54) is 0 Å². The van der Waals surface area contributed by atoms with Gasteiger partial charge in [0.15, 0.2) is 0 Å². The van der Waals surface area contributed by atoms with Crippen molar-refractivity contribution < 1.29 is 9.84 Å². The molecule has 0 atom stereocenters. The Kier molecular flexibility index (Phi) is 5.63. The number of likely N-dealkylation sites (N-methyl/N-ethyl adjacent to an activating group) is 1. The van der Waals surface area contributed by atoms with Gasteiger partial charge in [-0.05, 0) is 38.6 Å². The summed E-state index contributed by atoms with van der Waals surface area (Å²) in [5, 5.41) is 9.90. The lowest BCUT2D eigenvalue weighted by Crippen LogP contribution is -2.38. The first-order chi connectivity index (χ1) is 8.35. The second kappa shape index (κ2) is 6.55. The Morgan fingerprint density at radius 2 is 2.06 bits per heavy atom. The van der Waals surface area contributed by atoms with E-state index in [0.717, 1.165) is 28.9 Å². The molecular weight excluding hydrogens is 294 g/mol. The fraction of sp³-hybridized carbons (Fsp3) is 0.571. The van der Waals surface area contributed by atoms with Crippen LogP contribution in [0.25, 0.3) is 0 Å². The third-order valence-corrected chi connectivity index (χ3v) is 3.19. The second-order valence-electron chi connectivity index (χ2n) is 5.07. The molecule has 0 radical (unpaired) electrons. The molecular formula is C14H22BrNO2. The number of hydrogen-bond donors (Lipinski definition) is 1. The van der Waals surface area contributed by atoms with Crippen LogP contribution >= 0.6 is 15.9 Å². The minimum atomic E-state index is -0.685. The number of ether oxygens (including phenoxy) is 1. The molecule has 3 nitrogen and oxygen atoms in total. The van der Waals surface area contributed by atoms with E-state index in [-0.39, 0.29) is 0 Å². The lowest BCUT2D eigenvalue weighted by Gasteiger charge is -2.28. The Hall–Kier alpha value is -0.580. The third kappa shape index (κ3) is 4.96. The maximum Gasteiger partial charge on any atom is 0.123 e. The van der Waals surface area contributed by atoms with Crippen LogP contribution in [0.2, 0.25) is 0 Å². The highest BCUT2D eigenvalue weighted by Gasteiger charge is 2.18. The van der Waals surface area contributed by atoms with Crippen molar-refractivity contribution in [3.8, 4) is 5.75 Å². The van der Waals surface area contributed by atoms with Gasteiger partial charge < -0.3 is 9.84 Å². The lowest BCUT2D eigenvalue weighted by molar-refractivity contribution is 0.0351. The largest absolute Gasteiger partial charge is 0.496 e. The monoisotopic (exact) mass is 315 g/mol. The second-order valence-corrected chi connectivity index (χ2v) is 5.99. The Bertz CT molecular complexity index is 388. The average molecular weight is 316 g/mol. The molecule has 0 unspecified atom stereocenters. The highest BCUT2D eigenvalue weighted by atomic mass is 79.9. The number of halogens is 1. The topological polar surface area (TPSA) is 32.7 Å². The van der Waals surface area contributed by atoms with Crippen molar-refractivity contribution in [2.24, 2.45) is 0 Å². The van der Waals surface area contributed by atoms with Crippen LogP contribution < -0.4 is 4.74 Å². The van der Waals surface area contributed by atoms with E-state index < -0.39 is 5.60 Å². The van der Waals surface area contributed by atoms with E-state index in [9.17, 15) is 5.11 Å². The summed E-state index contributed by atoms with van der Waals surface area (Å²) in [6.07, 6.45) is 0. The molecule has 0 saturated heterocycles. The molecule has 0 saturated carbocycles. The van der Waals surface area contributed by atoms with E-state index in [2.05, 4.69) is 33.8 Å². The molecule has 0 heterocycles. The molecule has 0 aliphatic carbocycles. The number of benzene rings is 1. The SMILES string of the molecule is CCN(Cc1cc(Br)ccc1OC)CC(C)(C)O. The summed E-state index contributed by atoms with van der Waals surface area (Å²) >= 11 is 3.48. The van der Waals surface area contributed by atoms with Crippen molar-refractivity contribution in [2.45, 2.75) is 32.9 Å². The Morgan fingerprint density at radius 1 is 1.39 bits per heavy atom. The summed E-state index contributed by atoms with van der Waals surface area (Å²) in [5.41, 5.74) is 0.438. The summed E-state index contributed by atoms with van der Waals surface area (Å²) < 4.78 is 6.41. The van der Waals surface area contributed by atoms with Crippen molar-refractivity contribution in [3.05, 3.63) is 28.2 Å². The molecule has 102 valence electrons. The van der Waals surface area contributed by atoms with Gasteiger partial charge in [-0.2, -0.15) is 0 Å². The third-order valence-electron chi connectivity index (χ3n) is 2.69. The molecule has 1 rings (SSSR count). The molecule has 0 spiro atoms.